The minimum Gasteiger partial charge on any atom is -0.507 e. The lowest BCUT2D eigenvalue weighted by Crippen LogP contribution is -2.37. The maximum atomic E-state index is 12.7. The van der Waals surface area contributed by atoms with E-state index in [9.17, 15) is 19.8 Å². The third-order valence-electron chi connectivity index (χ3n) is 5.76. The number of phenols is 2. The first-order chi connectivity index (χ1) is 16.4. The number of likely N-dealkylation sites (tertiary alicyclic amines) is 1. The number of carbonyl (C=O) groups is 2. The van der Waals surface area contributed by atoms with Gasteiger partial charge >= 0.3 is 5.97 Å². The number of allylic oxidation sites excluding steroid dienone is 3. The zero-order valence-corrected chi connectivity index (χ0v) is 20.1. The molecule has 2 N–H and O–H groups in total. The molecule has 0 aliphatic carbocycles. The van der Waals surface area contributed by atoms with E-state index in [1.807, 2.05) is 18.2 Å². The minimum atomic E-state index is -0.752. The highest BCUT2D eigenvalue weighted by Gasteiger charge is 2.24. The number of oxime groups is 1. The van der Waals surface area contributed by atoms with Gasteiger partial charge in [-0.15, -0.1) is 0 Å². The predicted molar refractivity (Wildman–Crippen MR) is 129 cm³/mol. The number of hydrogen-bond donors (Lipinski definition) is 2. The highest BCUT2D eigenvalue weighted by Crippen LogP contribution is 2.37. The first-order valence-electron chi connectivity index (χ1n) is 11.6. The van der Waals surface area contributed by atoms with Gasteiger partial charge < -0.3 is 24.7 Å². The SMILES string of the molecule is CC1/C=C/CCOC(=O)c2c(O)cc(O)c(Cl)c2CC(=NOCC(=O)N2CCCCC2)/C=C/C1. The highest BCUT2D eigenvalue weighted by atomic mass is 35.5. The molecule has 0 spiro atoms. The summed E-state index contributed by atoms with van der Waals surface area (Å²) in [7, 11) is 0. The summed E-state index contributed by atoms with van der Waals surface area (Å²) >= 11 is 6.31. The van der Waals surface area contributed by atoms with E-state index in [0.717, 1.165) is 31.7 Å². The van der Waals surface area contributed by atoms with E-state index in [1.165, 1.54) is 0 Å². The topological polar surface area (TPSA) is 109 Å². The van der Waals surface area contributed by atoms with E-state index in [0.29, 0.717) is 25.2 Å². The van der Waals surface area contributed by atoms with Crippen LogP contribution in [0.1, 0.15) is 54.9 Å². The number of benzene rings is 1. The summed E-state index contributed by atoms with van der Waals surface area (Å²) in [6.45, 7) is 3.43. The molecular formula is C25H31ClN2O6. The van der Waals surface area contributed by atoms with Gasteiger partial charge in [-0.25, -0.2) is 4.79 Å². The lowest BCUT2D eigenvalue weighted by Gasteiger charge is -2.26. The van der Waals surface area contributed by atoms with E-state index in [4.69, 9.17) is 21.2 Å². The Kier molecular flexibility index (Phi) is 9.39. The lowest BCUT2D eigenvalue weighted by molar-refractivity contribution is -0.137. The summed E-state index contributed by atoms with van der Waals surface area (Å²) in [5.41, 5.74) is 0.405. The standard InChI is InChI=1S/C25H31ClN2O6/c1-17-8-3-6-13-33-25(32)23-19(24(26)21(30)15-20(23)29)14-18(10-7-9-17)27-34-16-22(31)28-11-4-2-5-12-28/h3,7-8,10,15,17,29-30H,2,4-6,9,11-14,16H2,1H3/b8-3+,10-7+,27-18?. The Morgan fingerprint density at radius 3 is 2.76 bits per heavy atom. The molecule has 184 valence electrons. The van der Waals surface area contributed by atoms with Crippen LogP contribution in [-0.4, -0.2) is 59.0 Å². The number of phenolic OH excluding ortho intramolecular Hbond substituents is 2. The number of carbonyl (C=O) groups excluding carboxylic acids is 2. The Morgan fingerprint density at radius 1 is 1.24 bits per heavy atom. The molecule has 2 aliphatic rings. The number of piperidine rings is 1. The molecule has 0 bridgehead atoms. The molecule has 8 nitrogen and oxygen atoms in total. The van der Waals surface area contributed by atoms with Crippen LogP contribution in [0.2, 0.25) is 5.02 Å². The predicted octanol–water partition coefficient (Wildman–Crippen LogP) is 4.38. The third-order valence-corrected chi connectivity index (χ3v) is 6.18. The van der Waals surface area contributed by atoms with Crippen LogP contribution in [0.5, 0.6) is 11.5 Å². The van der Waals surface area contributed by atoms with Crippen molar-refractivity contribution in [3.05, 3.63) is 46.5 Å². The van der Waals surface area contributed by atoms with Crippen molar-refractivity contribution >= 4 is 29.2 Å². The van der Waals surface area contributed by atoms with E-state index >= 15 is 0 Å². The zero-order valence-electron chi connectivity index (χ0n) is 19.3. The van der Waals surface area contributed by atoms with Gasteiger partial charge in [-0.05, 0) is 49.7 Å². The number of esters is 1. The molecule has 2 heterocycles. The van der Waals surface area contributed by atoms with Gasteiger partial charge in [-0.3, -0.25) is 4.79 Å². The van der Waals surface area contributed by atoms with Crippen molar-refractivity contribution in [3.63, 3.8) is 0 Å². The van der Waals surface area contributed by atoms with Crippen molar-refractivity contribution in [2.45, 2.75) is 45.4 Å². The van der Waals surface area contributed by atoms with Crippen LogP contribution in [-0.2, 0) is 20.8 Å². The molecule has 1 atom stereocenters. The summed E-state index contributed by atoms with van der Waals surface area (Å²) in [5.74, 6) is -1.44. The van der Waals surface area contributed by atoms with Crippen LogP contribution in [0, 0.1) is 5.92 Å². The van der Waals surface area contributed by atoms with Gasteiger partial charge in [0.1, 0.15) is 17.1 Å². The highest BCUT2D eigenvalue weighted by molar-refractivity contribution is 6.33. The van der Waals surface area contributed by atoms with Crippen LogP contribution in [0.4, 0.5) is 0 Å². The number of fused-ring (bicyclic) bond motifs is 1. The zero-order chi connectivity index (χ0) is 24.5. The maximum Gasteiger partial charge on any atom is 0.342 e. The number of aromatic hydroxyl groups is 2. The molecule has 1 aromatic rings. The summed E-state index contributed by atoms with van der Waals surface area (Å²) in [6.07, 6.45) is 11.9. The van der Waals surface area contributed by atoms with E-state index in [-0.39, 0.29) is 53.4 Å². The Balaban J connectivity index is 1.88. The van der Waals surface area contributed by atoms with Crippen molar-refractivity contribution in [2.75, 3.05) is 26.3 Å². The summed E-state index contributed by atoms with van der Waals surface area (Å²) < 4.78 is 5.31. The summed E-state index contributed by atoms with van der Waals surface area (Å²) in [4.78, 5) is 32.3. The quantitative estimate of drug-likeness (QED) is 0.370. The van der Waals surface area contributed by atoms with Crippen LogP contribution < -0.4 is 0 Å². The van der Waals surface area contributed by atoms with Crippen molar-refractivity contribution in [3.8, 4) is 11.5 Å². The minimum absolute atomic E-state index is 0.0240. The number of cyclic esters (lactones) is 1. The van der Waals surface area contributed by atoms with Crippen molar-refractivity contribution < 1.29 is 29.4 Å². The number of amides is 1. The van der Waals surface area contributed by atoms with E-state index in [1.54, 1.807) is 11.0 Å². The van der Waals surface area contributed by atoms with E-state index < -0.39 is 11.7 Å². The lowest BCUT2D eigenvalue weighted by atomic mass is 9.99. The average molecular weight is 491 g/mol. The number of ether oxygens (including phenoxy) is 1. The van der Waals surface area contributed by atoms with Crippen molar-refractivity contribution in [1.82, 2.24) is 4.90 Å². The molecule has 1 saturated heterocycles. The Hall–Kier alpha value is -3.00. The summed E-state index contributed by atoms with van der Waals surface area (Å²) in [6, 6.07) is 1.01. The smallest absolute Gasteiger partial charge is 0.342 e. The summed E-state index contributed by atoms with van der Waals surface area (Å²) in [5, 5.41) is 24.6. The normalized spacial score (nSPS) is 22.9. The fourth-order valence-electron chi connectivity index (χ4n) is 3.90. The number of hydrogen-bond acceptors (Lipinski definition) is 7. The molecule has 1 aromatic carbocycles. The first kappa shape index (κ1) is 25.6. The maximum absolute atomic E-state index is 12.7. The van der Waals surface area contributed by atoms with Gasteiger partial charge in [-0.2, -0.15) is 0 Å². The molecule has 9 heteroatoms. The van der Waals surface area contributed by atoms with Crippen molar-refractivity contribution in [1.29, 1.82) is 0 Å². The van der Waals surface area contributed by atoms with Crippen LogP contribution in [0.15, 0.2) is 35.5 Å². The molecular weight excluding hydrogens is 460 g/mol. The van der Waals surface area contributed by atoms with Crippen molar-refractivity contribution in [2.24, 2.45) is 11.1 Å². The van der Waals surface area contributed by atoms with Crippen LogP contribution in [0.25, 0.3) is 0 Å². The molecule has 0 saturated carbocycles. The molecule has 1 unspecified atom stereocenters. The van der Waals surface area contributed by atoms with Gasteiger partial charge in [0.05, 0.1) is 17.3 Å². The molecule has 3 rings (SSSR count). The average Bonchev–Trinajstić information content (AvgIpc) is 2.81. The van der Waals surface area contributed by atoms with Gasteiger partial charge in [0, 0.05) is 25.6 Å². The fourth-order valence-corrected chi connectivity index (χ4v) is 4.12. The second kappa shape index (κ2) is 12.5. The largest absolute Gasteiger partial charge is 0.507 e. The Morgan fingerprint density at radius 2 is 2.00 bits per heavy atom. The Labute approximate surface area is 204 Å². The van der Waals surface area contributed by atoms with Crippen LogP contribution >= 0.6 is 11.6 Å². The van der Waals surface area contributed by atoms with Gasteiger partial charge in [0.25, 0.3) is 5.91 Å². The molecule has 0 aromatic heterocycles. The Bertz CT molecular complexity index is 982. The number of nitrogens with zero attached hydrogens (tertiary/aromatic N) is 2. The second-order valence-corrected chi connectivity index (χ2v) is 8.90. The number of rotatable bonds is 3. The van der Waals surface area contributed by atoms with Gasteiger partial charge in [0.15, 0.2) is 6.61 Å². The van der Waals surface area contributed by atoms with Gasteiger partial charge in [-0.1, -0.05) is 41.9 Å². The molecule has 34 heavy (non-hydrogen) atoms. The molecule has 2 aliphatic heterocycles. The first-order valence-corrected chi connectivity index (χ1v) is 11.9. The fraction of sp³-hybridized carbons (Fsp3) is 0.480. The molecule has 0 radical (unpaired) electrons. The number of halogens is 1. The molecule has 1 amide bonds. The molecule has 1 fully saturated rings. The second-order valence-electron chi connectivity index (χ2n) is 8.52. The third kappa shape index (κ3) is 7.00. The van der Waals surface area contributed by atoms with Crippen LogP contribution in [0.3, 0.4) is 0 Å². The van der Waals surface area contributed by atoms with Gasteiger partial charge in [0.2, 0.25) is 0 Å². The monoisotopic (exact) mass is 490 g/mol. The van der Waals surface area contributed by atoms with E-state index in [2.05, 4.69) is 12.1 Å².